The molecule has 0 aromatic heterocycles. The maximum Gasteiger partial charge on any atom is 0.267 e. The van der Waals surface area contributed by atoms with Gasteiger partial charge in [-0.3, -0.25) is 9.59 Å². The van der Waals surface area contributed by atoms with Crippen molar-refractivity contribution in [1.29, 1.82) is 5.26 Å². The molecule has 96 valence electrons. The van der Waals surface area contributed by atoms with Gasteiger partial charge < -0.3 is 5.32 Å². The van der Waals surface area contributed by atoms with Crippen LogP contribution in [0.1, 0.15) is 24.0 Å². The van der Waals surface area contributed by atoms with Gasteiger partial charge in [-0.15, -0.1) is 0 Å². The third-order valence-corrected chi connectivity index (χ3v) is 2.68. The van der Waals surface area contributed by atoms with Crippen LogP contribution in [0.2, 0.25) is 0 Å². The van der Waals surface area contributed by atoms with E-state index in [1.54, 1.807) is 18.2 Å². The second-order valence-electron chi connectivity index (χ2n) is 4.09. The van der Waals surface area contributed by atoms with Gasteiger partial charge >= 0.3 is 0 Å². The van der Waals surface area contributed by atoms with E-state index in [0.717, 1.165) is 5.56 Å². The number of carbonyl (C=O) groups excluding carboxylic acids is 2. The monoisotopic (exact) mass is 256 g/mol. The first-order valence-electron chi connectivity index (χ1n) is 5.81. The van der Waals surface area contributed by atoms with Crippen LogP contribution < -0.4 is 10.7 Å². The van der Waals surface area contributed by atoms with Gasteiger partial charge in [-0.25, -0.2) is 5.43 Å². The molecule has 1 aliphatic heterocycles. The fourth-order valence-electron chi connectivity index (χ4n) is 1.67. The van der Waals surface area contributed by atoms with Crippen LogP contribution in [-0.2, 0) is 16.1 Å². The average Bonchev–Trinajstić information content (AvgIpc) is 2.46. The van der Waals surface area contributed by atoms with Crippen LogP contribution in [0.25, 0.3) is 0 Å². The molecule has 1 aromatic carbocycles. The normalized spacial score (nSPS) is 14.1. The van der Waals surface area contributed by atoms with E-state index in [2.05, 4.69) is 15.8 Å². The molecule has 2 N–H and O–H groups in total. The van der Waals surface area contributed by atoms with Crippen molar-refractivity contribution >= 4 is 17.5 Å². The minimum Gasteiger partial charge on any atom is -0.347 e. The zero-order valence-corrected chi connectivity index (χ0v) is 10.1. The molecule has 6 nitrogen and oxygen atoms in total. The van der Waals surface area contributed by atoms with Crippen LogP contribution in [0.15, 0.2) is 29.4 Å². The molecule has 0 unspecified atom stereocenters. The van der Waals surface area contributed by atoms with E-state index in [1.807, 2.05) is 12.1 Å². The predicted octanol–water partition coefficient (Wildman–Crippen LogP) is 0.440. The molecule has 0 radical (unpaired) electrons. The molecule has 6 heteroatoms. The number of amides is 2. The molecular weight excluding hydrogens is 244 g/mol. The Bertz CT molecular complexity index is 587. The van der Waals surface area contributed by atoms with E-state index in [4.69, 9.17) is 5.26 Å². The van der Waals surface area contributed by atoms with E-state index < -0.39 is 0 Å². The third-order valence-electron chi connectivity index (χ3n) is 2.68. The van der Waals surface area contributed by atoms with E-state index in [0.29, 0.717) is 24.2 Å². The topological polar surface area (TPSA) is 94.3 Å². The van der Waals surface area contributed by atoms with Gasteiger partial charge in [0.2, 0.25) is 5.91 Å². The molecule has 1 heterocycles. The van der Waals surface area contributed by atoms with Gasteiger partial charge in [0.05, 0.1) is 11.6 Å². The Morgan fingerprint density at radius 2 is 2.32 bits per heavy atom. The number of carbonyl (C=O) groups is 2. The van der Waals surface area contributed by atoms with E-state index in [1.165, 1.54) is 0 Å². The molecule has 19 heavy (non-hydrogen) atoms. The Hall–Kier alpha value is -2.68. The molecule has 2 rings (SSSR count). The van der Waals surface area contributed by atoms with Crippen molar-refractivity contribution < 1.29 is 9.59 Å². The summed E-state index contributed by atoms with van der Waals surface area (Å²) in [4.78, 5) is 22.7. The van der Waals surface area contributed by atoms with Crippen LogP contribution in [0.5, 0.6) is 0 Å². The summed E-state index contributed by atoms with van der Waals surface area (Å²) in [7, 11) is 0. The number of hydrogen-bond acceptors (Lipinski definition) is 4. The smallest absolute Gasteiger partial charge is 0.267 e. The Morgan fingerprint density at radius 3 is 3.00 bits per heavy atom. The molecule has 1 aliphatic rings. The van der Waals surface area contributed by atoms with Crippen LogP contribution in [0.3, 0.4) is 0 Å². The van der Waals surface area contributed by atoms with Crippen molar-refractivity contribution in [3.63, 3.8) is 0 Å². The lowest BCUT2D eigenvalue weighted by Gasteiger charge is -2.12. The Morgan fingerprint density at radius 1 is 1.47 bits per heavy atom. The number of nitrogens with zero attached hydrogens (tertiary/aromatic N) is 2. The highest BCUT2D eigenvalue weighted by Gasteiger charge is 2.17. The quantitative estimate of drug-likeness (QED) is 0.821. The highest BCUT2D eigenvalue weighted by molar-refractivity contribution is 6.39. The summed E-state index contributed by atoms with van der Waals surface area (Å²) in [5.74, 6) is -0.486. The fourth-order valence-corrected chi connectivity index (χ4v) is 1.67. The number of nitrogens with one attached hydrogen (secondary N) is 2. The minimum atomic E-state index is -0.303. The van der Waals surface area contributed by atoms with Gasteiger partial charge in [0, 0.05) is 19.4 Å². The van der Waals surface area contributed by atoms with Crippen LogP contribution >= 0.6 is 0 Å². The van der Waals surface area contributed by atoms with Gasteiger partial charge in [-0.1, -0.05) is 12.1 Å². The van der Waals surface area contributed by atoms with Gasteiger partial charge in [0.25, 0.3) is 5.91 Å². The third kappa shape index (κ3) is 3.39. The molecule has 1 aromatic rings. The molecule has 0 aliphatic carbocycles. The number of rotatable bonds is 3. The molecule has 0 bridgehead atoms. The number of hydrogen-bond donors (Lipinski definition) is 2. The van der Waals surface area contributed by atoms with Crippen LogP contribution in [-0.4, -0.2) is 17.5 Å². The van der Waals surface area contributed by atoms with Crippen molar-refractivity contribution in [1.82, 2.24) is 10.7 Å². The molecule has 0 saturated heterocycles. The number of nitriles is 1. The van der Waals surface area contributed by atoms with Crippen molar-refractivity contribution in [2.45, 2.75) is 19.4 Å². The predicted molar refractivity (Wildman–Crippen MR) is 67.8 cm³/mol. The number of hydrazone groups is 1. The highest BCUT2D eigenvalue weighted by atomic mass is 16.2. The Kier molecular flexibility index (Phi) is 3.88. The van der Waals surface area contributed by atoms with Crippen molar-refractivity contribution in [3.8, 4) is 6.07 Å². The summed E-state index contributed by atoms with van der Waals surface area (Å²) in [5.41, 5.74) is 3.98. The van der Waals surface area contributed by atoms with Gasteiger partial charge in [0.1, 0.15) is 5.71 Å². The first-order chi connectivity index (χ1) is 9.19. The molecule has 2 amide bonds. The van der Waals surface area contributed by atoms with E-state index in [-0.39, 0.29) is 18.2 Å². The van der Waals surface area contributed by atoms with Crippen molar-refractivity contribution in [2.75, 3.05) is 0 Å². The molecule has 0 atom stereocenters. The largest absolute Gasteiger partial charge is 0.347 e. The Labute approximate surface area is 110 Å². The van der Waals surface area contributed by atoms with Crippen LogP contribution in [0, 0.1) is 11.3 Å². The lowest BCUT2D eigenvalue weighted by atomic mass is 10.1. The first kappa shape index (κ1) is 12.8. The zero-order valence-electron chi connectivity index (χ0n) is 10.1. The van der Waals surface area contributed by atoms with E-state index in [9.17, 15) is 9.59 Å². The van der Waals surface area contributed by atoms with E-state index >= 15 is 0 Å². The zero-order chi connectivity index (χ0) is 13.7. The average molecular weight is 256 g/mol. The van der Waals surface area contributed by atoms with Gasteiger partial charge in [0.15, 0.2) is 0 Å². The second-order valence-corrected chi connectivity index (χ2v) is 4.09. The summed E-state index contributed by atoms with van der Waals surface area (Å²) in [6, 6.07) is 9.04. The minimum absolute atomic E-state index is 0.182. The lowest BCUT2D eigenvalue weighted by molar-refractivity contribution is -0.121. The standard InChI is InChI=1S/C13H12N4O2/c14-7-9-2-1-3-10(6-9)8-15-13(19)11-4-5-12(18)17-16-11/h1-3,6H,4-5,8H2,(H,15,19)(H,17,18). The van der Waals surface area contributed by atoms with Crippen molar-refractivity contribution in [2.24, 2.45) is 5.10 Å². The lowest BCUT2D eigenvalue weighted by Crippen LogP contribution is -2.36. The Balaban J connectivity index is 1.93. The van der Waals surface area contributed by atoms with Gasteiger partial charge in [-0.2, -0.15) is 10.4 Å². The maximum atomic E-state index is 11.8. The van der Waals surface area contributed by atoms with Crippen molar-refractivity contribution in [3.05, 3.63) is 35.4 Å². The molecule has 0 spiro atoms. The summed E-state index contributed by atoms with van der Waals surface area (Å²) < 4.78 is 0. The summed E-state index contributed by atoms with van der Waals surface area (Å²) in [6.45, 7) is 0.321. The fraction of sp³-hybridized carbons (Fsp3) is 0.231. The summed E-state index contributed by atoms with van der Waals surface area (Å²) in [6.07, 6.45) is 0.617. The summed E-state index contributed by atoms with van der Waals surface area (Å²) in [5, 5.41) is 15.2. The first-order valence-corrected chi connectivity index (χ1v) is 5.81. The van der Waals surface area contributed by atoms with Gasteiger partial charge in [-0.05, 0) is 17.7 Å². The molecule has 0 saturated carbocycles. The molecule has 0 fully saturated rings. The SMILES string of the molecule is N#Cc1cccc(CNC(=O)C2=NNC(=O)CC2)c1. The summed E-state index contributed by atoms with van der Waals surface area (Å²) >= 11 is 0. The molecular formula is C13H12N4O2. The maximum absolute atomic E-state index is 11.8. The second kappa shape index (κ2) is 5.78. The highest BCUT2D eigenvalue weighted by Crippen LogP contribution is 2.04. The number of benzene rings is 1. The van der Waals surface area contributed by atoms with Crippen LogP contribution in [0.4, 0.5) is 0 Å².